The first kappa shape index (κ1) is 24.0. The fourth-order valence-electron chi connectivity index (χ4n) is 3.32. The standard InChI is InChI=1S/C19H24ClFN4OS.Y/c1-4-6-7-8-12-10-25(9-5-2)17-13-15(22-19(24-17)27-3)14(21)16(20)23-18(13)26-11-12;/h12H,1-2,4-11H2,3H3;/q-2;. The SMILES string of the molecule is [CH2-]CCCCC1COc2nc(Cl)c(F)c3nc(SC)nc(c23)N(CC[CH2-])C1.[Y]. The molecular weight excluding hydrogens is 476 g/mol. The largest absolute Gasteiger partial charge is 0.477 e. The molecular formula is C19H24ClFN4OSY-2. The predicted molar refractivity (Wildman–Crippen MR) is 109 cm³/mol. The second-order valence-electron chi connectivity index (χ2n) is 6.61. The molecule has 9 heteroatoms. The van der Waals surface area contributed by atoms with Gasteiger partial charge in [-0.15, -0.1) is 0 Å². The van der Waals surface area contributed by atoms with Gasteiger partial charge in [0.15, 0.2) is 16.1 Å². The molecule has 2 aromatic rings. The molecule has 0 saturated carbocycles. The van der Waals surface area contributed by atoms with Gasteiger partial charge >= 0.3 is 0 Å². The predicted octanol–water partition coefficient (Wildman–Crippen LogP) is 4.97. The van der Waals surface area contributed by atoms with Gasteiger partial charge in [-0.25, -0.2) is 14.4 Å². The first-order valence-corrected chi connectivity index (χ1v) is 10.8. The number of pyridine rings is 1. The molecule has 3 rings (SSSR count). The second-order valence-corrected chi connectivity index (χ2v) is 7.74. The number of ether oxygens (including phenoxy) is 1. The van der Waals surface area contributed by atoms with E-state index in [4.69, 9.17) is 16.3 Å². The van der Waals surface area contributed by atoms with Crippen molar-refractivity contribution < 1.29 is 41.8 Å². The molecule has 0 amide bonds. The van der Waals surface area contributed by atoms with Crippen molar-refractivity contribution in [2.24, 2.45) is 5.92 Å². The summed E-state index contributed by atoms with van der Waals surface area (Å²) in [5.74, 6) is 0.618. The van der Waals surface area contributed by atoms with Gasteiger partial charge in [0.1, 0.15) is 16.7 Å². The zero-order valence-corrected chi connectivity index (χ0v) is 20.5. The van der Waals surface area contributed by atoms with E-state index >= 15 is 0 Å². The van der Waals surface area contributed by atoms with Crippen LogP contribution in [0.5, 0.6) is 5.88 Å². The van der Waals surface area contributed by atoms with Crippen molar-refractivity contribution in [1.82, 2.24) is 15.0 Å². The molecule has 151 valence electrons. The maximum Gasteiger partial charge on any atom is 0.228 e. The third-order valence-corrected chi connectivity index (χ3v) is 5.43. The number of halogens is 2. The topological polar surface area (TPSA) is 51.1 Å². The van der Waals surface area contributed by atoms with Gasteiger partial charge in [-0.1, -0.05) is 36.2 Å². The first-order chi connectivity index (χ1) is 13.1. The average molecular weight is 500 g/mol. The van der Waals surface area contributed by atoms with E-state index < -0.39 is 5.82 Å². The molecule has 0 N–H and O–H groups in total. The normalized spacial score (nSPS) is 16.3. The van der Waals surface area contributed by atoms with Gasteiger partial charge in [0, 0.05) is 45.2 Å². The Labute approximate surface area is 200 Å². The summed E-state index contributed by atoms with van der Waals surface area (Å²) >= 11 is 7.38. The molecule has 2 aromatic heterocycles. The van der Waals surface area contributed by atoms with Gasteiger partial charge in [0.05, 0.1) is 6.61 Å². The van der Waals surface area contributed by atoms with Gasteiger partial charge in [0.2, 0.25) is 5.88 Å². The molecule has 0 bridgehead atoms. The number of nitrogens with zero attached hydrogens (tertiary/aromatic N) is 4. The Morgan fingerprint density at radius 2 is 2.04 bits per heavy atom. The molecule has 0 saturated heterocycles. The monoisotopic (exact) mass is 499 g/mol. The van der Waals surface area contributed by atoms with Crippen LogP contribution in [-0.4, -0.2) is 40.9 Å². The minimum Gasteiger partial charge on any atom is -0.477 e. The molecule has 1 aliphatic rings. The van der Waals surface area contributed by atoms with Crippen molar-refractivity contribution in [3.63, 3.8) is 0 Å². The van der Waals surface area contributed by atoms with Gasteiger partial charge < -0.3 is 23.5 Å². The maximum absolute atomic E-state index is 14.7. The van der Waals surface area contributed by atoms with Gasteiger partial charge in [-0.2, -0.15) is 17.8 Å². The number of hydrogen-bond acceptors (Lipinski definition) is 6. The Hall–Kier alpha value is -0.236. The smallest absolute Gasteiger partial charge is 0.228 e. The van der Waals surface area contributed by atoms with Crippen molar-refractivity contribution >= 4 is 40.1 Å². The summed E-state index contributed by atoms with van der Waals surface area (Å²) in [4.78, 5) is 15.3. The van der Waals surface area contributed by atoms with Crippen LogP contribution in [0.25, 0.3) is 10.9 Å². The van der Waals surface area contributed by atoms with E-state index in [2.05, 4.69) is 33.7 Å². The molecule has 1 aliphatic heterocycles. The van der Waals surface area contributed by atoms with Crippen LogP contribution in [0.4, 0.5) is 10.2 Å². The number of aromatic nitrogens is 3. The summed E-state index contributed by atoms with van der Waals surface area (Å²) in [7, 11) is 0. The van der Waals surface area contributed by atoms with Crippen molar-refractivity contribution in [1.29, 1.82) is 0 Å². The number of unbranched alkanes of at least 4 members (excludes halogenated alkanes) is 2. The van der Waals surface area contributed by atoms with E-state index in [-0.39, 0.29) is 43.4 Å². The maximum atomic E-state index is 14.7. The van der Waals surface area contributed by atoms with Crippen molar-refractivity contribution in [2.75, 3.05) is 30.9 Å². The van der Waals surface area contributed by atoms with Crippen LogP contribution in [0, 0.1) is 25.6 Å². The Morgan fingerprint density at radius 3 is 2.71 bits per heavy atom. The van der Waals surface area contributed by atoms with Gasteiger partial charge in [-0.3, -0.25) is 0 Å². The van der Waals surface area contributed by atoms with E-state index in [1.165, 1.54) is 11.8 Å². The zero-order valence-electron chi connectivity index (χ0n) is 16.1. The van der Waals surface area contributed by atoms with Crippen LogP contribution >= 0.6 is 23.4 Å². The molecule has 0 fully saturated rings. The summed E-state index contributed by atoms with van der Waals surface area (Å²) in [6.07, 6.45) is 6.71. The van der Waals surface area contributed by atoms with Crippen LogP contribution < -0.4 is 9.64 Å². The molecule has 5 nitrogen and oxygen atoms in total. The molecule has 1 atom stereocenters. The summed E-state index contributed by atoms with van der Waals surface area (Å²) < 4.78 is 20.7. The summed E-state index contributed by atoms with van der Waals surface area (Å²) in [6.45, 7) is 9.89. The van der Waals surface area contributed by atoms with E-state index in [1.54, 1.807) is 0 Å². The van der Waals surface area contributed by atoms with Crippen LogP contribution in [0.2, 0.25) is 5.15 Å². The Kier molecular flexibility index (Phi) is 9.65. The van der Waals surface area contributed by atoms with Crippen LogP contribution in [-0.2, 0) is 32.7 Å². The summed E-state index contributed by atoms with van der Waals surface area (Å²) in [6, 6.07) is 0. The molecule has 0 aromatic carbocycles. The van der Waals surface area contributed by atoms with Crippen molar-refractivity contribution in [2.45, 2.75) is 37.3 Å². The first-order valence-electron chi connectivity index (χ1n) is 9.16. The second kappa shape index (κ2) is 11.2. The Bertz CT molecular complexity index is 813. The molecule has 0 aliphatic carbocycles. The van der Waals surface area contributed by atoms with E-state index in [9.17, 15) is 4.39 Å². The average Bonchev–Trinajstić information content (AvgIpc) is 2.67. The van der Waals surface area contributed by atoms with Crippen molar-refractivity contribution in [3.8, 4) is 5.88 Å². The molecule has 3 heterocycles. The molecule has 28 heavy (non-hydrogen) atoms. The fourth-order valence-corrected chi connectivity index (χ4v) is 3.85. The third-order valence-electron chi connectivity index (χ3n) is 4.63. The van der Waals surface area contributed by atoms with E-state index in [0.717, 1.165) is 38.8 Å². The molecule has 0 spiro atoms. The Balaban J connectivity index is 0.00000280. The number of anilines is 1. The third kappa shape index (κ3) is 5.27. The minimum atomic E-state index is -0.639. The van der Waals surface area contributed by atoms with Crippen LogP contribution in [0.1, 0.15) is 32.1 Å². The summed E-state index contributed by atoms with van der Waals surface area (Å²) in [5, 5.41) is 0.749. The summed E-state index contributed by atoms with van der Waals surface area (Å²) in [5.41, 5.74) is 0.156. The van der Waals surface area contributed by atoms with Crippen LogP contribution in [0.3, 0.4) is 0 Å². The molecule has 1 radical (unpaired) electrons. The number of thioether (sulfide) groups is 1. The molecule has 1 unspecified atom stereocenters. The number of hydrogen-bond donors (Lipinski definition) is 0. The van der Waals surface area contributed by atoms with E-state index in [1.807, 2.05) is 6.26 Å². The van der Waals surface area contributed by atoms with E-state index in [0.29, 0.717) is 41.2 Å². The number of rotatable bonds is 7. The zero-order chi connectivity index (χ0) is 19.4. The minimum absolute atomic E-state index is 0. The fraction of sp³-hybridized carbons (Fsp3) is 0.526. The Morgan fingerprint density at radius 1 is 1.25 bits per heavy atom. The quantitative estimate of drug-likeness (QED) is 0.176. The van der Waals surface area contributed by atoms with Crippen molar-refractivity contribution in [3.05, 3.63) is 24.8 Å². The van der Waals surface area contributed by atoms with Gasteiger partial charge in [0.25, 0.3) is 0 Å². The van der Waals surface area contributed by atoms with Crippen LogP contribution in [0.15, 0.2) is 5.16 Å². The van der Waals surface area contributed by atoms with Gasteiger partial charge in [-0.05, 0) is 19.2 Å².